The fraction of sp³-hybridized carbons (Fsp3) is 0.667. The summed E-state index contributed by atoms with van der Waals surface area (Å²) in [5.41, 5.74) is -0.307. The Balaban J connectivity index is 1.92. The summed E-state index contributed by atoms with van der Waals surface area (Å²) in [6, 6.07) is 0. The monoisotopic (exact) mass is 156 g/mol. The Bertz CT molecular complexity index is 210. The standard InChI is InChI=1S/C6H8N2O3/c9-5(10)8-3-6(4-8)1-2-7-11-6/h2H,1,3-4H2,(H,9,10). The SMILES string of the molecule is O=C(O)N1CC2(CC=NO2)C1. The minimum Gasteiger partial charge on any atom is -0.465 e. The van der Waals surface area contributed by atoms with Crippen molar-refractivity contribution in [3.8, 4) is 0 Å². The molecule has 2 aliphatic rings. The van der Waals surface area contributed by atoms with Crippen molar-refractivity contribution in [3.05, 3.63) is 0 Å². The van der Waals surface area contributed by atoms with Gasteiger partial charge in [-0.3, -0.25) is 4.90 Å². The first-order valence-electron chi connectivity index (χ1n) is 3.40. The number of carbonyl (C=O) groups is 1. The van der Waals surface area contributed by atoms with Crippen molar-refractivity contribution >= 4 is 12.3 Å². The highest BCUT2D eigenvalue weighted by Gasteiger charge is 2.49. The van der Waals surface area contributed by atoms with Gasteiger partial charge >= 0.3 is 6.09 Å². The lowest BCUT2D eigenvalue weighted by Gasteiger charge is -2.43. The van der Waals surface area contributed by atoms with E-state index in [1.807, 2.05) is 0 Å². The number of oxime groups is 1. The molecule has 0 bridgehead atoms. The highest BCUT2D eigenvalue weighted by Crippen LogP contribution is 2.31. The number of likely N-dealkylation sites (tertiary alicyclic amines) is 1. The van der Waals surface area contributed by atoms with Crippen LogP contribution in [0.3, 0.4) is 0 Å². The van der Waals surface area contributed by atoms with E-state index >= 15 is 0 Å². The number of carboxylic acid groups (broad SMARTS) is 1. The molecule has 5 heteroatoms. The molecule has 1 N–H and O–H groups in total. The summed E-state index contributed by atoms with van der Waals surface area (Å²) in [6.45, 7) is 0.894. The Labute approximate surface area is 63.2 Å². The number of rotatable bonds is 0. The van der Waals surface area contributed by atoms with Crippen LogP contribution in [0.1, 0.15) is 6.42 Å². The van der Waals surface area contributed by atoms with Gasteiger partial charge < -0.3 is 9.94 Å². The Morgan fingerprint density at radius 3 is 2.91 bits per heavy atom. The first kappa shape index (κ1) is 6.45. The van der Waals surface area contributed by atoms with Crippen LogP contribution < -0.4 is 0 Å². The topological polar surface area (TPSA) is 62.1 Å². The molecule has 0 atom stereocenters. The molecule has 2 rings (SSSR count). The van der Waals surface area contributed by atoms with E-state index in [0.717, 1.165) is 6.42 Å². The van der Waals surface area contributed by atoms with Crippen molar-refractivity contribution < 1.29 is 14.7 Å². The Morgan fingerprint density at radius 1 is 1.73 bits per heavy atom. The number of amides is 1. The molecule has 11 heavy (non-hydrogen) atoms. The van der Waals surface area contributed by atoms with Crippen LogP contribution in [-0.2, 0) is 4.84 Å². The molecule has 0 aromatic carbocycles. The maximum Gasteiger partial charge on any atom is 0.407 e. The molecule has 60 valence electrons. The molecule has 0 aromatic rings. The van der Waals surface area contributed by atoms with E-state index in [1.165, 1.54) is 4.90 Å². The van der Waals surface area contributed by atoms with Crippen molar-refractivity contribution in [2.75, 3.05) is 13.1 Å². The maximum absolute atomic E-state index is 10.4. The van der Waals surface area contributed by atoms with E-state index in [0.29, 0.717) is 13.1 Å². The van der Waals surface area contributed by atoms with Crippen molar-refractivity contribution in [1.82, 2.24) is 4.90 Å². The van der Waals surface area contributed by atoms with E-state index in [9.17, 15) is 4.79 Å². The fourth-order valence-electron chi connectivity index (χ4n) is 1.36. The van der Waals surface area contributed by atoms with Crippen molar-refractivity contribution in [2.24, 2.45) is 5.16 Å². The van der Waals surface area contributed by atoms with Gasteiger partial charge in [0.2, 0.25) is 0 Å². The second-order valence-corrected chi connectivity index (χ2v) is 2.91. The van der Waals surface area contributed by atoms with Gasteiger partial charge in [-0.25, -0.2) is 4.79 Å². The van der Waals surface area contributed by atoms with E-state index < -0.39 is 6.09 Å². The minimum atomic E-state index is -0.883. The summed E-state index contributed by atoms with van der Waals surface area (Å²) in [4.78, 5) is 16.7. The molecule has 2 heterocycles. The van der Waals surface area contributed by atoms with E-state index in [-0.39, 0.29) is 5.60 Å². The predicted molar refractivity (Wildman–Crippen MR) is 36.5 cm³/mol. The van der Waals surface area contributed by atoms with Gasteiger partial charge in [0.1, 0.15) is 0 Å². The van der Waals surface area contributed by atoms with Gasteiger partial charge in [0, 0.05) is 12.6 Å². The van der Waals surface area contributed by atoms with E-state index in [4.69, 9.17) is 9.94 Å². The molecule has 1 amide bonds. The van der Waals surface area contributed by atoms with E-state index in [2.05, 4.69) is 5.16 Å². The van der Waals surface area contributed by atoms with Gasteiger partial charge in [-0.2, -0.15) is 0 Å². The third kappa shape index (κ3) is 0.840. The van der Waals surface area contributed by atoms with Crippen LogP contribution in [0.15, 0.2) is 5.16 Å². The number of hydrogen-bond donors (Lipinski definition) is 1. The molecular formula is C6H8N2O3. The molecule has 5 nitrogen and oxygen atoms in total. The number of hydrogen-bond acceptors (Lipinski definition) is 3. The van der Waals surface area contributed by atoms with Gasteiger partial charge in [0.15, 0.2) is 5.60 Å². The number of nitrogens with zero attached hydrogens (tertiary/aromatic N) is 2. The Hall–Kier alpha value is -1.26. The first-order chi connectivity index (χ1) is 5.22. The highest BCUT2D eigenvalue weighted by molar-refractivity contribution is 5.68. The van der Waals surface area contributed by atoms with Crippen LogP contribution in [0, 0.1) is 0 Å². The Morgan fingerprint density at radius 2 is 2.45 bits per heavy atom. The van der Waals surface area contributed by atoms with Crippen LogP contribution in [0.25, 0.3) is 0 Å². The van der Waals surface area contributed by atoms with Crippen LogP contribution >= 0.6 is 0 Å². The lowest BCUT2D eigenvalue weighted by molar-refractivity contribution is -0.113. The van der Waals surface area contributed by atoms with Gasteiger partial charge in [-0.05, 0) is 0 Å². The molecule has 0 unspecified atom stereocenters. The van der Waals surface area contributed by atoms with Crippen LogP contribution in [-0.4, -0.2) is 41.0 Å². The summed E-state index contributed by atoms with van der Waals surface area (Å²) in [5.74, 6) is 0. The zero-order valence-corrected chi connectivity index (χ0v) is 5.86. The van der Waals surface area contributed by atoms with Gasteiger partial charge in [0.25, 0.3) is 0 Å². The molecule has 0 radical (unpaired) electrons. The minimum absolute atomic E-state index is 0.307. The molecule has 0 saturated carbocycles. The second kappa shape index (κ2) is 1.87. The van der Waals surface area contributed by atoms with Gasteiger partial charge in [-0.1, -0.05) is 5.16 Å². The van der Waals surface area contributed by atoms with Crippen molar-refractivity contribution in [1.29, 1.82) is 0 Å². The summed E-state index contributed by atoms with van der Waals surface area (Å²) < 4.78 is 0. The lowest BCUT2D eigenvalue weighted by atomic mass is 9.92. The molecule has 0 aromatic heterocycles. The normalized spacial score (nSPS) is 24.9. The lowest BCUT2D eigenvalue weighted by Crippen LogP contribution is -2.62. The zero-order valence-electron chi connectivity index (χ0n) is 5.86. The molecule has 1 saturated heterocycles. The average Bonchev–Trinajstić information content (AvgIpc) is 2.29. The quantitative estimate of drug-likeness (QED) is 0.542. The third-order valence-corrected chi connectivity index (χ3v) is 2.01. The molecule has 1 fully saturated rings. The Kier molecular flexibility index (Phi) is 1.10. The summed E-state index contributed by atoms with van der Waals surface area (Å²) in [5, 5.41) is 12.1. The largest absolute Gasteiger partial charge is 0.465 e. The summed E-state index contributed by atoms with van der Waals surface area (Å²) in [7, 11) is 0. The predicted octanol–water partition coefficient (Wildman–Crippen LogP) is 0.125. The van der Waals surface area contributed by atoms with Crippen LogP contribution in [0.4, 0.5) is 4.79 Å². The van der Waals surface area contributed by atoms with Crippen LogP contribution in [0.5, 0.6) is 0 Å². The van der Waals surface area contributed by atoms with Gasteiger partial charge in [-0.15, -0.1) is 0 Å². The van der Waals surface area contributed by atoms with Gasteiger partial charge in [0.05, 0.1) is 13.1 Å². The molecule has 1 spiro atoms. The maximum atomic E-state index is 10.4. The molecule has 0 aliphatic carbocycles. The first-order valence-corrected chi connectivity index (χ1v) is 3.40. The van der Waals surface area contributed by atoms with Crippen molar-refractivity contribution in [2.45, 2.75) is 12.0 Å². The van der Waals surface area contributed by atoms with Crippen molar-refractivity contribution in [3.63, 3.8) is 0 Å². The molecular weight excluding hydrogens is 148 g/mol. The fourth-order valence-corrected chi connectivity index (χ4v) is 1.36. The summed E-state index contributed by atoms with van der Waals surface area (Å²) >= 11 is 0. The summed E-state index contributed by atoms with van der Waals surface area (Å²) in [6.07, 6.45) is 1.53. The second-order valence-electron chi connectivity index (χ2n) is 2.91. The third-order valence-electron chi connectivity index (χ3n) is 2.01. The zero-order chi connectivity index (χ0) is 7.90. The molecule has 2 aliphatic heterocycles. The average molecular weight is 156 g/mol. The van der Waals surface area contributed by atoms with E-state index in [1.54, 1.807) is 6.21 Å². The van der Waals surface area contributed by atoms with Crippen LogP contribution in [0.2, 0.25) is 0 Å². The smallest absolute Gasteiger partial charge is 0.407 e. The highest BCUT2D eigenvalue weighted by atomic mass is 16.7.